The second kappa shape index (κ2) is 5.85. The van der Waals surface area contributed by atoms with Crippen molar-refractivity contribution in [3.05, 3.63) is 47.5 Å². The molecule has 0 spiro atoms. The van der Waals surface area contributed by atoms with Gasteiger partial charge in [0, 0.05) is 29.5 Å². The third-order valence-electron chi connectivity index (χ3n) is 2.51. The first-order valence-electron chi connectivity index (χ1n) is 5.51. The predicted molar refractivity (Wildman–Crippen MR) is 70.8 cm³/mol. The van der Waals surface area contributed by atoms with Gasteiger partial charge >= 0.3 is 0 Å². The number of benzene rings is 1. The first-order chi connectivity index (χ1) is 9.10. The SMILES string of the molecule is Cn1cc(SCc2cc(C(=O)NN)ccc2F)cn1. The minimum absolute atomic E-state index is 0.339. The van der Waals surface area contributed by atoms with Crippen molar-refractivity contribution in [2.45, 2.75) is 10.6 Å². The van der Waals surface area contributed by atoms with Crippen LogP contribution in [-0.4, -0.2) is 15.7 Å². The number of hydrogen-bond donors (Lipinski definition) is 2. The van der Waals surface area contributed by atoms with Gasteiger partial charge in [0.05, 0.1) is 6.20 Å². The van der Waals surface area contributed by atoms with Crippen LogP contribution >= 0.6 is 11.8 Å². The van der Waals surface area contributed by atoms with Crippen LogP contribution in [0.3, 0.4) is 0 Å². The zero-order valence-corrected chi connectivity index (χ0v) is 11.1. The molecule has 1 aromatic heterocycles. The molecule has 2 rings (SSSR count). The van der Waals surface area contributed by atoms with E-state index >= 15 is 0 Å². The van der Waals surface area contributed by atoms with Gasteiger partial charge in [0.15, 0.2) is 0 Å². The van der Waals surface area contributed by atoms with Crippen molar-refractivity contribution in [3.8, 4) is 0 Å². The molecule has 0 atom stereocenters. The second-order valence-electron chi connectivity index (χ2n) is 3.92. The fourth-order valence-electron chi connectivity index (χ4n) is 1.54. The van der Waals surface area contributed by atoms with E-state index in [1.165, 1.54) is 30.0 Å². The summed E-state index contributed by atoms with van der Waals surface area (Å²) in [5.41, 5.74) is 2.82. The largest absolute Gasteiger partial charge is 0.290 e. The Kier molecular flexibility index (Phi) is 4.18. The van der Waals surface area contributed by atoms with E-state index in [0.29, 0.717) is 16.9 Å². The number of nitrogens with two attached hydrogens (primary N) is 1. The van der Waals surface area contributed by atoms with E-state index in [-0.39, 0.29) is 5.82 Å². The van der Waals surface area contributed by atoms with Gasteiger partial charge in [-0.1, -0.05) is 0 Å². The first-order valence-corrected chi connectivity index (χ1v) is 6.49. The summed E-state index contributed by atoms with van der Waals surface area (Å²) in [6.45, 7) is 0. The third kappa shape index (κ3) is 3.33. The molecule has 0 aliphatic heterocycles. The standard InChI is InChI=1S/C12H13FN4OS/c1-17-6-10(5-15-17)19-7-9-4-8(12(18)16-14)2-3-11(9)13/h2-6H,7,14H2,1H3,(H,16,18). The van der Waals surface area contributed by atoms with Crippen molar-refractivity contribution in [2.75, 3.05) is 0 Å². The van der Waals surface area contributed by atoms with Crippen LogP contribution in [0.15, 0.2) is 35.5 Å². The summed E-state index contributed by atoms with van der Waals surface area (Å²) in [7, 11) is 1.82. The zero-order chi connectivity index (χ0) is 13.8. The predicted octanol–water partition coefficient (Wildman–Crippen LogP) is 1.46. The van der Waals surface area contributed by atoms with Crippen LogP contribution < -0.4 is 11.3 Å². The number of aryl methyl sites for hydroxylation is 1. The average molecular weight is 280 g/mol. The van der Waals surface area contributed by atoms with E-state index in [9.17, 15) is 9.18 Å². The summed E-state index contributed by atoms with van der Waals surface area (Å²) in [5, 5.41) is 4.03. The molecule has 0 fully saturated rings. The number of hydrazine groups is 1. The molecule has 2 aromatic rings. The fourth-order valence-corrected chi connectivity index (χ4v) is 2.44. The molecule has 0 saturated heterocycles. The summed E-state index contributed by atoms with van der Waals surface area (Å²) in [6.07, 6.45) is 3.55. The molecular formula is C12H13FN4OS. The van der Waals surface area contributed by atoms with Gasteiger partial charge in [-0.15, -0.1) is 11.8 Å². The summed E-state index contributed by atoms with van der Waals surface area (Å²) in [4.78, 5) is 12.3. The van der Waals surface area contributed by atoms with Crippen molar-refractivity contribution < 1.29 is 9.18 Å². The lowest BCUT2D eigenvalue weighted by atomic mass is 10.1. The molecule has 5 nitrogen and oxygen atoms in total. The van der Waals surface area contributed by atoms with Crippen LogP contribution in [0.2, 0.25) is 0 Å². The topological polar surface area (TPSA) is 72.9 Å². The van der Waals surface area contributed by atoms with Gasteiger partial charge in [0.25, 0.3) is 5.91 Å². The Morgan fingerprint density at radius 3 is 3.00 bits per heavy atom. The summed E-state index contributed by atoms with van der Waals surface area (Å²) in [6, 6.07) is 4.17. The number of carbonyl (C=O) groups excluding carboxylic acids is 1. The monoisotopic (exact) mass is 280 g/mol. The molecule has 0 aliphatic carbocycles. The Bertz CT molecular complexity index is 599. The van der Waals surface area contributed by atoms with Crippen LogP contribution in [0.1, 0.15) is 15.9 Å². The van der Waals surface area contributed by atoms with Crippen molar-refractivity contribution in [1.82, 2.24) is 15.2 Å². The molecule has 0 saturated carbocycles. The molecule has 3 N–H and O–H groups in total. The zero-order valence-electron chi connectivity index (χ0n) is 10.3. The third-order valence-corrected chi connectivity index (χ3v) is 3.51. The molecule has 1 aromatic carbocycles. The number of rotatable bonds is 4. The van der Waals surface area contributed by atoms with Crippen LogP contribution in [0, 0.1) is 5.82 Å². The lowest BCUT2D eigenvalue weighted by molar-refractivity contribution is 0.0953. The lowest BCUT2D eigenvalue weighted by Crippen LogP contribution is -2.30. The van der Waals surface area contributed by atoms with Crippen molar-refractivity contribution in [3.63, 3.8) is 0 Å². The van der Waals surface area contributed by atoms with Gasteiger partial charge in [0.2, 0.25) is 0 Å². The van der Waals surface area contributed by atoms with E-state index in [2.05, 4.69) is 5.10 Å². The highest BCUT2D eigenvalue weighted by Gasteiger charge is 2.09. The van der Waals surface area contributed by atoms with Gasteiger partial charge in [-0.05, 0) is 23.8 Å². The molecule has 1 amide bonds. The molecule has 1 heterocycles. The number of aromatic nitrogens is 2. The van der Waals surface area contributed by atoms with Crippen LogP contribution in [0.25, 0.3) is 0 Å². The van der Waals surface area contributed by atoms with Crippen molar-refractivity contribution in [1.29, 1.82) is 0 Å². The Hall–Kier alpha value is -1.86. The maximum absolute atomic E-state index is 13.6. The van der Waals surface area contributed by atoms with E-state index in [1.807, 2.05) is 18.7 Å². The number of halogens is 1. The van der Waals surface area contributed by atoms with Gasteiger partial charge in [-0.2, -0.15) is 5.10 Å². The van der Waals surface area contributed by atoms with Crippen LogP contribution in [0.4, 0.5) is 4.39 Å². The minimum atomic E-state index is -0.437. The number of thioether (sulfide) groups is 1. The molecule has 0 unspecified atom stereocenters. The first kappa shape index (κ1) is 13.6. The number of carbonyl (C=O) groups is 1. The molecular weight excluding hydrogens is 267 g/mol. The molecule has 0 aliphatic rings. The number of nitrogens with zero attached hydrogens (tertiary/aromatic N) is 2. The van der Waals surface area contributed by atoms with Crippen molar-refractivity contribution >= 4 is 17.7 Å². The van der Waals surface area contributed by atoms with Crippen molar-refractivity contribution in [2.24, 2.45) is 12.9 Å². The van der Waals surface area contributed by atoms with E-state index in [0.717, 1.165) is 4.90 Å². The number of nitrogen functional groups attached to an aromatic ring is 1. The molecule has 0 bridgehead atoms. The molecule has 19 heavy (non-hydrogen) atoms. The maximum Gasteiger partial charge on any atom is 0.265 e. The fraction of sp³-hybridized carbons (Fsp3) is 0.167. The quantitative estimate of drug-likeness (QED) is 0.385. The van der Waals surface area contributed by atoms with E-state index in [1.54, 1.807) is 10.9 Å². The highest BCUT2D eigenvalue weighted by atomic mass is 32.2. The highest BCUT2D eigenvalue weighted by molar-refractivity contribution is 7.98. The van der Waals surface area contributed by atoms with E-state index in [4.69, 9.17) is 5.84 Å². The lowest BCUT2D eigenvalue weighted by Gasteiger charge is -2.05. The highest BCUT2D eigenvalue weighted by Crippen LogP contribution is 2.24. The molecule has 100 valence electrons. The number of amides is 1. The Balaban J connectivity index is 2.12. The normalized spacial score (nSPS) is 10.5. The Morgan fingerprint density at radius 1 is 1.58 bits per heavy atom. The van der Waals surface area contributed by atoms with Crippen LogP contribution in [-0.2, 0) is 12.8 Å². The number of nitrogens with one attached hydrogen (secondary N) is 1. The van der Waals surface area contributed by atoms with E-state index < -0.39 is 5.91 Å². The Morgan fingerprint density at radius 2 is 2.37 bits per heavy atom. The minimum Gasteiger partial charge on any atom is -0.290 e. The van der Waals surface area contributed by atoms with Gasteiger partial charge in [-0.3, -0.25) is 14.9 Å². The molecule has 0 radical (unpaired) electrons. The maximum atomic E-state index is 13.6. The second-order valence-corrected chi connectivity index (χ2v) is 4.97. The molecule has 7 heteroatoms. The summed E-state index contributed by atoms with van der Waals surface area (Å²) >= 11 is 1.45. The summed E-state index contributed by atoms with van der Waals surface area (Å²) in [5.74, 6) is 4.69. The van der Waals surface area contributed by atoms with Gasteiger partial charge in [-0.25, -0.2) is 10.2 Å². The van der Waals surface area contributed by atoms with Gasteiger partial charge in [0.1, 0.15) is 5.82 Å². The average Bonchev–Trinajstić information content (AvgIpc) is 2.82. The Labute approximate surface area is 114 Å². The summed E-state index contributed by atoms with van der Waals surface area (Å²) < 4.78 is 15.3. The number of hydrogen-bond acceptors (Lipinski definition) is 4. The van der Waals surface area contributed by atoms with Gasteiger partial charge < -0.3 is 0 Å². The van der Waals surface area contributed by atoms with Crippen LogP contribution in [0.5, 0.6) is 0 Å². The smallest absolute Gasteiger partial charge is 0.265 e.